The Morgan fingerprint density at radius 2 is 1.33 bits per heavy atom. The molecule has 0 spiro atoms. The highest BCUT2D eigenvalue weighted by atomic mass is 31.1. The summed E-state index contributed by atoms with van der Waals surface area (Å²) in [4.78, 5) is 0. The van der Waals surface area contributed by atoms with E-state index >= 15 is 0 Å². The van der Waals surface area contributed by atoms with Crippen LogP contribution in [0.2, 0.25) is 6.04 Å². The average molecular weight is 358 g/mol. The van der Waals surface area contributed by atoms with Gasteiger partial charge in [-0.3, -0.25) is 0 Å². The van der Waals surface area contributed by atoms with Crippen molar-refractivity contribution in [3.05, 3.63) is 60.7 Å². The molecule has 0 saturated heterocycles. The zero-order valence-corrected chi connectivity index (χ0v) is 16.5. The molecule has 0 aliphatic heterocycles. The zero-order chi connectivity index (χ0) is 17.0. The molecule has 128 valence electrons. The summed E-state index contributed by atoms with van der Waals surface area (Å²) >= 11 is 0. The van der Waals surface area contributed by atoms with Gasteiger partial charge in [-0.15, -0.1) is 0 Å². The van der Waals surface area contributed by atoms with Crippen LogP contribution in [0.1, 0.15) is 20.3 Å². The van der Waals surface area contributed by atoms with E-state index in [1.807, 2.05) is 13.8 Å². The van der Waals surface area contributed by atoms with Crippen LogP contribution in [0.3, 0.4) is 0 Å². The zero-order valence-electron chi connectivity index (χ0n) is 14.7. The van der Waals surface area contributed by atoms with E-state index in [1.54, 1.807) is 0 Å². The fraction of sp³-hybridized carbons (Fsp3) is 0.400. The Balaban J connectivity index is 1.92. The molecular formula is C20H27O2PSi. The van der Waals surface area contributed by atoms with E-state index in [9.17, 15) is 0 Å². The van der Waals surface area contributed by atoms with Crippen LogP contribution in [0.25, 0.3) is 0 Å². The smallest absolute Gasteiger partial charge is 0.137 e. The van der Waals surface area contributed by atoms with Gasteiger partial charge in [0.1, 0.15) is 15.4 Å². The van der Waals surface area contributed by atoms with Gasteiger partial charge in [0.05, 0.1) is 0 Å². The van der Waals surface area contributed by atoms with Crippen LogP contribution < -0.4 is 10.6 Å². The molecule has 4 heteroatoms. The maximum absolute atomic E-state index is 5.65. The lowest BCUT2D eigenvalue weighted by molar-refractivity contribution is -0.0827. The average Bonchev–Trinajstić information content (AvgIpc) is 2.63. The van der Waals surface area contributed by atoms with E-state index < -0.39 is 0 Å². The predicted octanol–water partition coefficient (Wildman–Crippen LogP) is 3.99. The highest BCUT2D eigenvalue weighted by molar-refractivity contribution is 7.73. The van der Waals surface area contributed by atoms with Crippen molar-refractivity contribution < 1.29 is 9.47 Å². The third-order valence-corrected chi connectivity index (χ3v) is 7.56. The molecule has 0 fully saturated rings. The van der Waals surface area contributed by atoms with Crippen molar-refractivity contribution in [3.63, 3.8) is 0 Å². The first kappa shape index (κ1) is 19.3. The first-order valence-corrected chi connectivity index (χ1v) is 11.5. The van der Waals surface area contributed by atoms with Crippen molar-refractivity contribution in [2.24, 2.45) is 0 Å². The minimum atomic E-state index is -0.275. The standard InChI is InChI=1S/C20H27O2PSi/c1-3-21-20(22-4-2)24-17-11-16-23(18-12-7-5-8-13-18)19-14-9-6-10-15-19/h5-10,12-15,20H,3-4,11,16-17H2,1-2H3. The lowest BCUT2D eigenvalue weighted by Gasteiger charge is -2.20. The molecule has 0 amide bonds. The summed E-state index contributed by atoms with van der Waals surface area (Å²) < 4.78 is 11.3. The van der Waals surface area contributed by atoms with Crippen LogP contribution in [0, 0.1) is 0 Å². The molecule has 0 aromatic heterocycles. The normalized spacial score (nSPS) is 11.3. The van der Waals surface area contributed by atoms with E-state index in [4.69, 9.17) is 9.47 Å². The van der Waals surface area contributed by atoms with Gasteiger partial charge in [0, 0.05) is 13.2 Å². The Labute approximate surface area is 150 Å². The Kier molecular flexibility index (Phi) is 9.30. The number of hydrogen-bond donors (Lipinski definition) is 0. The van der Waals surface area contributed by atoms with E-state index in [0.29, 0.717) is 0 Å². The molecular weight excluding hydrogens is 331 g/mol. The molecule has 0 heterocycles. The number of benzene rings is 2. The van der Waals surface area contributed by atoms with Gasteiger partial charge in [-0.1, -0.05) is 73.1 Å². The summed E-state index contributed by atoms with van der Waals surface area (Å²) in [6.07, 6.45) is 2.44. The molecule has 2 aromatic carbocycles. The third-order valence-electron chi connectivity index (χ3n) is 3.64. The van der Waals surface area contributed by atoms with Gasteiger partial charge in [0.25, 0.3) is 0 Å². The molecule has 0 unspecified atom stereocenters. The van der Waals surface area contributed by atoms with Gasteiger partial charge in [0.15, 0.2) is 0 Å². The summed E-state index contributed by atoms with van der Waals surface area (Å²) in [5.74, 6) is -0.0142. The maximum Gasteiger partial charge on any atom is 0.137 e. The summed E-state index contributed by atoms with van der Waals surface area (Å²) in [5, 5.41) is 2.93. The minimum Gasteiger partial charge on any atom is -0.357 e. The Bertz CT molecular complexity index is 505. The van der Waals surface area contributed by atoms with Crippen LogP contribution in [-0.4, -0.2) is 34.8 Å². The van der Waals surface area contributed by atoms with Crippen LogP contribution in [0.4, 0.5) is 0 Å². The lowest BCUT2D eigenvalue weighted by Crippen LogP contribution is -2.24. The highest BCUT2D eigenvalue weighted by Gasteiger charge is 2.14. The predicted molar refractivity (Wildman–Crippen MR) is 106 cm³/mol. The van der Waals surface area contributed by atoms with Gasteiger partial charge in [-0.2, -0.15) is 0 Å². The lowest BCUT2D eigenvalue weighted by atomic mass is 10.4. The van der Waals surface area contributed by atoms with Crippen molar-refractivity contribution in [2.75, 3.05) is 19.4 Å². The second-order valence-corrected chi connectivity index (χ2v) is 9.09. The van der Waals surface area contributed by atoms with Crippen LogP contribution in [-0.2, 0) is 9.47 Å². The highest BCUT2D eigenvalue weighted by Crippen LogP contribution is 2.34. The second-order valence-electron chi connectivity index (χ2n) is 5.37. The molecule has 2 nitrogen and oxygen atoms in total. The van der Waals surface area contributed by atoms with Gasteiger partial charge in [-0.05, 0) is 38.5 Å². The fourth-order valence-corrected chi connectivity index (χ4v) is 6.39. The van der Waals surface area contributed by atoms with Crippen molar-refractivity contribution in [1.82, 2.24) is 0 Å². The first-order valence-electron chi connectivity index (χ1n) is 8.69. The molecule has 2 rings (SSSR count). The number of ether oxygens (including phenoxy) is 2. The molecule has 24 heavy (non-hydrogen) atoms. The van der Waals surface area contributed by atoms with Crippen molar-refractivity contribution >= 4 is 28.1 Å². The molecule has 2 radical (unpaired) electrons. The van der Waals surface area contributed by atoms with Crippen molar-refractivity contribution in [3.8, 4) is 0 Å². The fourth-order valence-electron chi connectivity index (χ4n) is 2.55. The van der Waals surface area contributed by atoms with Gasteiger partial charge >= 0.3 is 0 Å². The SMILES string of the molecule is CCOC(OCC)[Si]CCCP(c1ccccc1)c1ccccc1. The maximum atomic E-state index is 5.65. The molecule has 0 aliphatic carbocycles. The van der Waals surface area contributed by atoms with Crippen LogP contribution in [0.5, 0.6) is 0 Å². The number of rotatable bonds is 11. The van der Waals surface area contributed by atoms with Crippen LogP contribution >= 0.6 is 7.92 Å². The monoisotopic (exact) mass is 358 g/mol. The molecule has 0 N–H and O–H groups in total. The van der Waals surface area contributed by atoms with Crippen molar-refractivity contribution in [1.29, 1.82) is 0 Å². The summed E-state index contributed by atoms with van der Waals surface area (Å²) in [7, 11) is 0.443. The van der Waals surface area contributed by atoms with Gasteiger partial charge in [0.2, 0.25) is 0 Å². The molecule has 2 aromatic rings. The molecule has 0 saturated carbocycles. The molecule has 0 bridgehead atoms. The van der Waals surface area contributed by atoms with E-state index in [0.717, 1.165) is 22.7 Å². The summed E-state index contributed by atoms with van der Waals surface area (Å²) in [6.45, 7) is 5.50. The number of hydrogen-bond acceptors (Lipinski definition) is 2. The first-order chi connectivity index (χ1) is 11.8. The largest absolute Gasteiger partial charge is 0.357 e. The Morgan fingerprint density at radius 1 is 0.833 bits per heavy atom. The van der Waals surface area contributed by atoms with E-state index in [-0.39, 0.29) is 13.8 Å². The van der Waals surface area contributed by atoms with E-state index in [1.165, 1.54) is 29.2 Å². The second kappa shape index (κ2) is 11.5. The van der Waals surface area contributed by atoms with Gasteiger partial charge in [-0.25, -0.2) is 0 Å². The Hall–Kier alpha value is -0.993. The molecule has 0 aliphatic rings. The topological polar surface area (TPSA) is 18.5 Å². The van der Waals surface area contributed by atoms with Crippen LogP contribution in [0.15, 0.2) is 60.7 Å². The third kappa shape index (κ3) is 6.49. The minimum absolute atomic E-state index is 0.0142. The van der Waals surface area contributed by atoms with Gasteiger partial charge < -0.3 is 9.47 Å². The molecule has 0 atom stereocenters. The van der Waals surface area contributed by atoms with E-state index in [2.05, 4.69) is 60.7 Å². The summed E-state index contributed by atoms with van der Waals surface area (Å²) in [6, 6.07) is 23.0. The Morgan fingerprint density at radius 3 is 1.79 bits per heavy atom. The summed E-state index contributed by atoms with van der Waals surface area (Å²) in [5.41, 5.74) is 0. The quantitative estimate of drug-likeness (QED) is 0.262. The van der Waals surface area contributed by atoms with Crippen molar-refractivity contribution in [2.45, 2.75) is 32.2 Å².